The standard InChI is InChI=1S/C16H18O3/c1-12-5-3-4-6-15(12)19-11-14-9-13(10-17)7-8-16(14)18-2/h3-9,17H,10-11H2,1-2H3. The molecule has 0 atom stereocenters. The summed E-state index contributed by atoms with van der Waals surface area (Å²) in [6.07, 6.45) is 0. The van der Waals surface area contributed by atoms with Crippen molar-refractivity contribution in [3.8, 4) is 11.5 Å². The molecule has 1 N–H and O–H groups in total. The Morgan fingerprint density at radius 3 is 2.53 bits per heavy atom. The number of ether oxygens (including phenoxy) is 2. The van der Waals surface area contributed by atoms with Crippen molar-refractivity contribution in [2.24, 2.45) is 0 Å². The van der Waals surface area contributed by atoms with E-state index < -0.39 is 0 Å². The Morgan fingerprint density at radius 1 is 1.05 bits per heavy atom. The van der Waals surface area contributed by atoms with Gasteiger partial charge in [0.1, 0.15) is 18.1 Å². The van der Waals surface area contributed by atoms with Crippen molar-refractivity contribution in [3.05, 3.63) is 59.2 Å². The van der Waals surface area contributed by atoms with E-state index in [0.29, 0.717) is 6.61 Å². The van der Waals surface area contributed by atoms with Crippen LogP contribution in [0, 0.1) is 6.92 Å². The van der Waals surface area contributed by atoms with Crippen LogP contribution in [0.4, 0.5) is 0 Å². The number of para-hydroxylation sites is 1. The van der Waals surface area contributed by atoms with Crippen LogP contribution in [0.5, 0.6) is 11.5 Å². The van der Waals surface area contributed by atoms with Crippen molar-refractivity contribution in [1.82, 2.24) is 0 Å². The van der Waals surface area contributed by atoms with Crippen LogP contribution in [0.2, 0.25) is 0 Å². The largest absolute Gasteiger partial charge is 0.496 e. The van der Waals surface area contributed by atoms with Gasteiger partial charge >= 0.3 is 0 Å². The Hall–Kier alpha value is -2.00. The first-order valence-electron chi connectivity index (χ1n) is 6.19. The minimum atomic E-state index is 0.0152. The summed E-state index contributed by atoms with van der Waals surface area (Å²) < 4.78 is 11.1. The van der Waals surface area contributed by atoms with Crippen LogP contribution in [-0.2, 0) is 13.2 Å². The molecule has 2 rings (SSSR count). The first-order valence-corrected chi connectivity index (χ1v) is 6.19. The molecule has 0 unspecified atom stereocenters. The van der Waals surface area contributed by atoms with Gasteiger partial charge in [-0.05, 0) is 36.2 Å². The number of aliphatic hydroxyl groups excluding tert-OH is 1. The lowest BCUT2D eigenvalue weighted by atomic mass is 10.1. The number of hydrogen-bond acceptors (Lipinski definition) is 3. The molecule has 3 heteroatoms. The highest BCUT2D eigenvalue weighted by Crippen LogP contribution is 2.23. The highest BCUT2D eigenvalue weighted by Gasteiger charge is 2.06. The molecule has 0 spiro atoms. The SMILES string of the molecule is COc1ccc(CO)cc1COc1ccccc1C. The lowest BCUT2D eigenvalue weighted by Gasteiger charge is -2.12. The van der Waals surface area contributed by atoms with E-state index in [1.54, 1.807) is 7.11 Å². The monoisotopic (exact) mass is 258 g/mol. The van der Waals surface area contributed by atoms with E-state index in [1.807, 2.05) is 49.4 Å². The topological polar surface area (TPSA) is 38.7 Å². The van der Waals surface area contributed by atoms with E-state index in [-0.39, 0.29) is 6.61 Å². The molecule has 0 fully saturated rings. The van der Waals surface area contributed by atoms with Crippen LogP contribution in [0.1, 0.15) is 16.7 Å². The zero-order chi connectivity index (χ0) is 13.7. The highest BCUT2D eigenvalue weighted by molar-refractivity contribution is 5.38. The molecule has 2 aromatic rings. The van der Waals surface area contributed by atoms with Gasteiger partial charge in [0.15, 0.2) is 0 Å². The number of aryl methyl sites for hydroxylation is 1. The molecule has 3 nitrogen and oxygen atoms in total. The van der Waals surface area contributed by atoms with Crippen LogP contribution in [-0.4, -0.2) is 12.2 Å². The summed E-state index contributed by atoms with van der Waals surface area (Å²) >= 11 is 0. The zero-order valence-electron chi connectivity index (χ0n) is 11.2. The van der Waals surface area contributed by atoms with Gasteiger partial charge in [0.05, 0.1) is 13.7 Å². The van der Waals surface area contributed by atoms with Gasteiger partial charge in [-0.1, -0.05) is 24.3 Å². The summed E-state index contributed by atoms with van der Waals surface area (Å²) in [5, 5.41) is 9.17. The van der Waals surface area contributed by atoms with E-state index in [2.05, 4.69) is 0 Å². The Labute approximate surface area is 113 Å². The van der Waals surface area contributed by atoms with Gasteiger partial charge in [0.2, 0.25) is 0 Å². The van der Waals surface area contributed by atoms with Crippen molar-refractivity contribution < 1.29 is 14.6 Å². The molecule has 0 heterocycles. The quantitative estimate of drug-likeness (QED) is 0.895. The van der Waals surface area contributed by atoms with Gasteiger partial charge in [0, 0.05) is 5.56 Å². The number of methoxy groups -OCH3 is 1. The molecule has 0 saturated carbocycles. The predicted molar refractivity (Wildman–Crippen MR) is 74.4 cm³/mol. The number of benzene rings is 2. The van der Waals surface area contributed by atoms with Crippen molar-refractivity contribution >= 4 is 0 Å². The Balaban J connectivity index is 2.16. The van der Waals surface area contributed by atoms with Crippen LogP contribution < -0.4 is 9.47 Å². The maximum Gasteiger partial charge on any atom is 0.125 e. The molecule has 0 aliphatic carbocycles. The van der Waals surface area contributed by atoms with Crippen molar-refractivity contribution in [2.45, 2.75) is 20.1 Å². The number of rotatable bonds is 5. The Bertz CT molecular complexity index is 549. The number of hydrogen-bond donors (Lipinski definition) is 1. The molecule has 2 aromatic carbocycles. The molecular weight excluding hydrogens is 240 g/mol. The van der Waals surface area contributed by atoms with Crippen molar-refractivity contribution in [1.29, 1.82) is 0 Å². The predicted octanol–water partition coefficient (Wildman–Crippen LogP) is 3.07. The van der Waals surface area contributed by atoms with Gasteiger partial charge in [-0.25, -0.2) is 0 Å². The lowest BCUT2D eigenvalue weighted by Crippen LogP contribution is -2.01. The fourth-order valence-corrected chi connectivity index (χ4v) is 1.92. The normalized spacial score (nSPS) is 10.3. The third kappa shape index (κ3) is 3.26. The molecule has 0 radical (unpaired) electrons. The molecule has 0 aliphatic heterocycles. The third-order valence-corrected chi connectivity index (χ3v) is 3.00. The molecule has 100 valence electrons. The van der Waals surface area contributed by atoms with Crippen LogP contribution in [0.3, 0.4) is 0 Å². The molecule has 0 amide bonds. The molecular formula is C16H18O3. The molecule has 0 bridgehead atoms. The summed E-state index contributed by atoms with van der Waals surface area (Å²) in [5.74, 6) is 1.63. The van der Waals surface area contributed by atoms with E-state index >= 15 is 0 Å². The van der Waals surface area contributed by atoms with Crippen LogP contribution in [0.25, 0.3) is 0 Å². The third-order valence-electron chi connectivity index (χ3n) is 3.00. The maximum atomic E-state index is 9.17. The Morgan fingerprint density at radius 2 is 1.84 bits per heavy atom. The summed E-state index contributed by atoms with van der Waals surface area (Å²) in [6, 6.07) is 13.5. The summed E-state index contributed by atoms with van der Waals surface area (Å²) in [6.45, 7) is 2.44. The molecule has 0 aliphatic rings. The van der Waals surface area contributed by atoms with E-state index in [4.69, 9.17) is 9.47 Å². The number of aliphatic hydroxyl groups is 1. The first-order chi connectivity index (χ1) is 9.24. The minimum Gasteiger partial charge on any atom is -0.496 e. The van der Waals surface area contributed by atoms with E-state index in [9.17, 15) is 5.11 Å². The highest BCUT2D eigenvalue weighted by atomic mass is 16.5. The first kappa shape index (κ1) is 13.4. The van der Waals surface area contributed by atoms with Gasteiger partial charge in [0.25, 0.3) is 0 Å². The Kier molecular flexibility index (Phi) is 4.42. The molecule has 0 aromatic heterocycles. The van der Waals surface area contributed by atoms with Gasteiger partial charge in [-0.3, -0.25) is 0 Å². The maximum absolute atomic E-state index is 9.17. The summed E-state index contributed by atoms with van der Waals surface area (Å²) in [4.78, 5) is 0. The van der Waals surface area contributed by atoms with Gasteiger partial charge < -0.3 is 14.6 Å². The average Bonchev–Trinajstić information content (AvgIpc) is 2.46. The smallest absolute Gasteiger partial charge is 0.125 e. The average molecular weight is 258 g/mol. The van der Waals surface area contributed by atoms with Gasteiger partial charge in [-0.2, -0.15) is 0 Å². The minimum absolute atomic E-state index is 0.0152. The second-order valence-corrected chi connectivity index (χ2v) is 4.36. The van der Waals surface area contributed by atoms with Gasteiger partial charge in [-0.15, -0.1) is 0 Å². The molecule has 19 heavy (non-hydrogen) atoms. The fraction of sp³-hybridized carbons (Fsp3) is 0.250. The van der Waals surface area contributed by atoms with Crippen molar-refractivity contribution in [3.63, 3.8) is 0 Å². The zero-order valence-corrected chi connectivity index (χ0v) is 11.2. The van der Waals surface area contributed by atoms with E-state index in [0.717, 1.165) is 28.2 Å². The van der Waals surface area contributed by atoms with Crippen LogP contribution >= 0.6 is 0 Å². The summed E-state index contributed by atoms with van der Waals surface area (Å²) in [5.41, 5.74) is 2.88. The van der Waals surface area contributed by atoms with Crippen LogP contribution in [0.15, 0.2) is 42.5 Å². The van der Waals surface area contributed by atoms with Crippen molar-refractivity contribution in [2.75, 3.05) is 7.11 Å². The summed E-state index contributed by atoms with van der Waals surface area (Å²) in [7, 11) is 1.63. The van der Waals surface area contributed by atoms with E-state index in [1.165, 1.54) is 0 Å². The second-order valence-electron chi connectivity index (χ2n) is 4.36. The lowest BCUT2D eigenvalue weighted by molar-refractivity contribution is 0.278. The second kappa shape index (κ2) is 6.25. The molecule has 0 saturated heterocycles. The fourth-order valence-electron chi connectivity index (χ4n) is 1.92.